The average molecular weight is 645 g/mol. The molecule has 4 nitrogen and oxygen atoms in total. The van der Waals surface area contributed by atoms with E-state index in [9.17, 15) is 0 Å². The molecule has 0 spiro atoms. The van der Waals surface area contributed by atoms with Crippen LogP contribution in [0.25, 0.3) is 62.4 Å². The van der Waals surface area contributed by atoms with Gasteiger partial charge in [-0.05, 0) is 97.1 Å². The minimum atomic E-state index is 1.01. The summed E-state index contributed by atoms with van der Waals surface area (Å²) in [5.41, 5.74) is 9.62. The first kappa shape index (κ1) is 27.1. The summed E-state index contributed by atoms with van der Waals surface area (Å²) in [5, 5.41) is 3.06. The van der Waals surface area contributed by atoms with Gasteiger partial charge < -0.3 is 4.90 Å². The molecule has 0 aliphatic rings. The van der Waals surface area contributed by atoms with Gasteiger partial charge in [-0.2, -0.15) is 0 Å². The lowest BCUT2D eigenvalue weighted by molar-refractivity contribution is 1.28. The fourth-order valence-corrected chi connectivity index (χ4v) is 8.62. The molecule has 218 valence electrons. The molecule has 0 bridgehead atoms. The zero-order valence-corrected chi connectivity index (χ0v) is 26.8. The van der Waals surface area contributed by atoms with Crippen LogP contribution in [0.5, 0.6) is 0 Å². The van der Waals surface area contributed by atoms with E-state index in [2.05, 4.69) is 132 Å². The van der Waals surface area contributed by atoms with Crippen LogP contribution >= 0.6 is 34.0 Å². The zero-order chi connectivity index (χ0) is 30.5. The standard InChI is InChI=1S/C39H24N4S3/c1-4-13-34-31(10-1)40-37(44-34)25-16-20-28(21-17-25)43(29-22-18-26(19-23-29)38-41-32-11-2-5-14-35(32)45-38)30-9-7-8-27(24-30)39-42-33-12-3-6-15-36(33)46-39/h1-24H. The minimum absolute atomic E-state index is 1.01. The third kappa shape index (κ3) is 4.95. The van der Waals surface area contributed by atoms with Gasteiger partial charge in [0.15, 0.2) is 0 Å². The van der Waals surface area contributed by atoms with Crippen LogP contribution in [0.4, 0.5) is 17.1 Å². The summed E-state index contributed by atoms with van der Waals surface area (Å²) in [5.74, 6) is 0. The van der Waals surface area contributed by atoms with Crippen molar-refractivity contribution in [2.24, 2.45) is 0 Å². The van der Waals surface area contributed by atoms with E-state index in [0.29, 0.717) is 0 Å². The summed E-state index contributed by atoms with van der Waals surface area (Å²) in [6, 6.07) is 51.0. The summed E-state index contributed by atoms with van der Waals surface area (Å²) in [6.07, 6.45) is 0. The number of hydrogen-bond acceptors (Lipinski definition) is 7. The monoisotopic (exact) mass is 644 g/mol. The maximum atomic E-state index is 4.94. The Morgan fingerprint density at radius 1 is 0.348 bits per heavy atom. The van der Waals surface area contributed by atoms with Crippen molar-refractivity contribution in [3.05, 3.63) is 146 Å². The van der Waals surface area contributed by atoms with Gasteiger partial charge in [-0.3, -0.25) is 0 Å². The van der Waals surface area contributed by atoms with Crippen molar-refractivity contribution >= 4 is 81.7 Å². The molecule has 0 saturated carbocycles. The maximum absolute atomic E-state index is 4.94. The fourth-order valence-electron chi connectivity index (χ4n) is 5.72. The molecule has 9 aromatic rings. The Morgan fingerprint density at radius 2 is 0.761 bits per heavy atom. The van der Waals surface area contributed by atoms with Gasteiger partial charge in [-0.25, -0.2) is 15.0 Å². The highest BCUT2D eigenvalue weighted by molar-refractivity contribution is 7.22. The first-order valence-corrected chi connectivity index (χ1v) is 17.4. The lowest BCUT2D eigenvalue weighted by atomic mass is 10.1. The van der Waals surface area contributed by atoms with Gasteiger partial charge in [0, 0.05) is 33.8 Å². The van der Waals surface area contributed by atoms with Crippen molar-refractivity contribution in [2.75, 3.05) is 4.90 Å². The number of hydrogen-bond donors (Lipinski definition) is 0. The van der Waals surface area contributed by atoms with E-state index < -0.39 is 0 Å². The molecule has 0 N–H and O–H groups in total. The molecular formula is C39H24N4S3. The number of anilines is 3. The van der Waals surface area contributed by atoms with E-state index in [-0.39, 0.29) is 0 Å². The fraction of sp³-hybridized carbons (Fsp3) is 0. The molecule has 46 heavy (non-hydrogen) atoms. The Kier molecular flexibility index (Phi) is 6.66. The molecular weight excluding hydrogens is 621 g/mol. The van der Waals surface area contributed by atoms with E-state index in [0.717, 1.165) is 65.3 Å². The number of thiazole rings is 3. The third-order valence-corrected chi connectivity index (χ3v) is 11.2. The van der Waals surface area contributed by atoms with E-state index in [1.54, 1.807) is 34.0 Å². The molecule has 3 aromatic heterocycles. The largest absolute Gasteiger partial charge is 0.310 e. The SMILES string of the molecule is c1cc(-c2nc3ccccc3s2)cc(N(c2ccc(-c3nc4ccccc4s3)cc2)c2ccc(-c3nc4ccccc4s3)cc2)c1. The lowest BCUT2D eigenvalue weighted by Gasteiger charge is -2.26. The Hall–Kier alpha value is -5.21. The topological polar surface area (TPSA) is 41.9 Å². The normalized spacial score (nSPS) is 11.5. The van der Waals surface area contributed by atoms with Crippen molar-refractivity contribution < 1.29 is 0 Å². The molecule has 0 unspecified atom stereocenters. The van der Waals surface area contributed by atoms with E-state index in [1.807, 2.05) is 18.2 Å². The second kappa shape index (κ2) is 11.3. The summed E-state index contributed by atoms with van der Waals surface area (Å²) in [7, 11) is 0. The van der Waals surface area contributed by atoms with E-state index in [4.69, 9.17) is 15.0 Å². The molecule has 0 aliphatic carbocycles. The van der Waals surface area contributed by atoms with Crippen molar-refractivity contribution in [2.45, 2.75) is 0 Å². The Balaban J connectivity index is 1.12. The third-order valence-electron chi connectivity index (χ3n) is 7.98. The smallest absolute Gasteiger partial charge is 0.124 e. The number of nitrogens with zero attached hydrogens (tertiary/aromatic N) is 4. The maximum Gasteiger partial charge on any atom is 0.124 e. The van der Waals surface area contributed by atoms with Crippen molar-refractivity contribution in [3.63, 3.8) is 0 Å². The predicted molar refractivity (Wildman–Crippen MR) is 197 cm³/mol. The van der Waals surface area contributed by atoms with Gasteiger partial charge in [-0.1, -0.05) is 48.5 Å². The summed E-state index contributed by atoms with van der Waals surface area (Å²) in [6.45, 7) is 0. The zero-order valence-electron chi connectivity index (χ0n) is 24.4. The Bertz CT molecular complexity index is 2270. The van der Waals surface area contributed by atoms with Gasteiger partial charge in [-0.15, -0.1) is 34.0 Å². The first-order valence-electron chi connectivity index (χ1n) is 14.9. The molecule has 0 fully saturated rings. The van der Waals surface area contributed by atoms with Crippen LogP contribution in [-0.2, 0) is 0 Å². The highest BCUT2D eigenvalue weighted by Crippen LogP contribution is 2.40. The molecule has 0 radical (unpaired) electrons. The predicted octanol–water partition coefficient (Wildman–Crippen LogP) is 12.0. The highest BCUT2D eigenvalue weighted by Gasteiger charge is 2.16. The van der Waals surface area contributed by atoms with E-state index in [1.165, 1.54) is 14.1 Å². The second-order valence-corrected chi connectivity index (χ2v) is 14.0. The van der Waals surface area contributed by atoms with Crippen molar-refractivity contribution in [3.8, 4) is 31.7 Å². The van der Waals surface area contributed by atoms with Crippen LogP contribution in [0.2, 0.25) is 0 Å². The molecule has 7 heteroatoms. The van der Waals surface area contributed by atoms with Crippen LogP contribution < -0.4 is 4.90 Å². The molecule has 6 aromatic carbocycles. The van der Waals surface area contributed by atoms with E-state index >= 15 is 0 Å². The Morgan fingerprint density at radius 3 is 1.20 bits per heavy atom. The number of para-hydroxylation sites is 3. The van der Waals surface area contributed by atoms with Crippen molar-refractivity contribution in [1.29, 1.82) is 0 Å². The number of aromatic nitrogens is 3. The summed E-state index contributed by atoms with van der Waals surface area (Å²) in [4.78, 5) is 17.0. The quantitative estimate of drug-likeness (QED) is 0.181. The average Bonchev–Trinajstić information content (AvgIpc) is 3.86. The van der Waals surface area contributed by atoms with Gasteiger partial charge in [0.05, 0.1) is 30.6 Å². The van der Waals surface area contributed by atoms with Crippen molar-refractivity contribution in [1.82, 2.24) is 15.0 Å². The van der Waals surface area contributed by atoms with Gasteiger partial charge >= 0.3 is 0 Å². The lowest BCUT2D eigenvalue weighted by Crippen LogP contribution is -2.10. The molecule has 0 atom stereocenters. The molecule has 0 saturated heterocycles. The van der Waals surface area contributed by atoms with Gasteiger partial charge in [0.2, 0.25) is 0 Å². The molecule has 0 amide bonds. The van der Waals surface area contributed by atoms with Crippen LogP contribution in [0.1, 0.15) is 0 Å². The molecule has 0 aliphatic heterocycles. The summed E-state index contributed by atoms with van der Waals surface area (Å²) >= 11 is 5.17. The number of rotatable bonds is 6. The van der Waals surface area contributed by atoms with Crippen LogP contribution in [0.3, 0.4) is 0 Å². The second-order valence-electron chi connectivity index (χ2n) is 10.9. The first-order chi connectivity index (χ1) is 22.7. The summed E-state index contributed by atoms with van der Waals surface area (Å²) < 4.78 is 3.58. The minimum Gasteiger partial charge on any atom is -0.310 e. The molecule has 3 heterocycles. The van der Waals surface area contributed by atoms with Gasteiger partial charge in [0.25, 0.3) is 0 Å². The Labute approximate surface area is 277 Å². The van der Waals surface area contributed by atoms with Crippen LogP contribution in [-0.4, -0.2) is 15.0 Å². The van der Waals surface area contributed by atoms with Crippen LogP contribution in [0, 0.1) is 0 Å². The molecule has 9 rings (SSSR count). The number of fused-ring (bicyclic) bond motifs is 3. The van der Waals surface area contributed by atoms with Gasteiger partial charge in [0.1, 0.15) is 15.0 Å². The highest BCUT2D eigenvalue weighted by atomic mass is 32.1. The number of benzene rings is 6. The van der Waals surface area contributed by atoms with Crippen LogP contribution in [0.15, 0.2) is 146 Å².